The van der Waals surface area contributed by atoms with E-state index in [1.165, 1.54) is 11.1 Å². The second-order valence-electron chi connectivity index (χ2n) is 5.96. The molecule has 1 aliphatic carbocycles. The highest BCUT2D eigenvalue weighted by molar-refractivity contribution is 5.45. The Bertz CT molecular complexity index is 628. The third-order valence-electron chi connectivity index (χ3n) is 4.81. The summed E-state index contributed by atoms with van der Waals surface area (Å²) in [6.07, 6.45) is 5.26. The van der Waals surface area contributed by atoms with Gasteiger partial charge in [-0.3, -0.25) is 0 Å². The maximum Gasteiger partial charge on any atom is 0.200 e. The minimum atomic E-state index is -0.451. The second-order valence-corrected chi connectivity index (χ2v) is 5.96. The van der Waals surface area contributed by atoms with Gasteiger partial charge in [0.15, 0.2) is 11.5 Å². The summed E-state index contributed by atoms with van der Waals surface area (Å²) in [6, 6.07) is 3.84. The Balaban J connectivity index is 1.60. The highest BCUT2D eigenvalue weighted by Gasteiger charge is 2.43. The molecule has 0 aromatic carbocycles. The Morgan fingerprint density at radius 3 is 3.15 bits per heavy atom. The van der Waals surface area contributed by atoms with Crippen LogP contribution in [0.1, 0.15) is 32.1 Å². The number of anilines is 1. The summed E-state index contributed by atoms with van der Waals surface area (Å²) in [7, 11) is 0. The molecule has 2 fully saturated rings. The predicted molar refractivity (Wildman–Crippen MR) is 72.3 cm³/mol. The lowest BCUT2D eigenvalue weighted by molar-refractivity contribution is -0.0613. The van der Waals surface area contributed by atoms with Crippen molar-refractivity contribution in [2.24, 2.45) is 5.92 Å². The topological polar surface area (TPSA) is 79.4 Å². The molecule has 2 unspecified atom stereocenters. The molecular formula is C13H18N6O. The van der Waals surface area contributed by atoms with Crippen LogP contribution in [-0.2, 0) is 0 Å². The van der Waals surface area contributed by atoms with Crippen LogP contribution in [0.3, 0.4) is 0 Å². The van der Waals surface area contributed by atoms with E-state index >= 15 is 0 Å². The number of hydrogen-bond acceptors (Lipinski definition) is 6. The van der Waals surface area contributed by atoms with Crippen LogP contribution in [0, 0.1) is 5.92 Å². The van der Waals surface area contributed by atoms with Crippen molar-refractivity contribution in [3.63, 3.8) is 0 Å². The fourth-order valence-electron chi connectivity index (χ4n) is 3.59. The van der Waals surface area contributed by atoms with Crippen LogP contribution in [0.2, 0.25) is 0 Å². The van der Waals surface area contributed by atoms with Gasteiger partial charge in [-0.25, -0.2) is 0 Å². The summed E-state index contributed by atoms with van der Waals surface area (Å²) >= 11 is 0. The number of aromatic nitrogens is 5. The zero-order valence-corrected chi connectivity index (χ0v) is 11.3. The third kappa shape index (κ3) is 1.84. The molecule has 106 valence electrons. The van der Waals surface area contributed by atoms with Crippen LogP contribution in [0.5, 0.6) is 0 Å². The summed E-state index contributed by atoms with van der Waals surface area (Å²) < 4.78 is 1.46. The molecule has 7 nitrogen and oxygen atoms in total. The lowest BCUT2D eigenvalue weighted by atomic mass is 9.71. The molecule has 2 aromatic heterocycles. The van der Waals surface area contributed by atoms with Crippen LogP contribution in [0.15, 0.2) is 12.1 Å². The van der Waals surface area contributed by atoms with Crippen molar-refractivity contribution >= 4 is 11.5 Å². The van der Waals surface area contributed by atoms with Gasteiger partial charge in [0, 0.05) is 19.0 Å². The largest absolute Gasteiger partial charge is 0.389 e. The quantitative estimate of drug-likeness (QED) is 0.822. The molecule has 2 aliphatic rings. The zero-order chi connectivity index (χ0) is 13.6. The number of nitrogens with zero attached hydrogens (tertiary/aromatic N) is 6. The summed E-state index contributed by atoms with van der Waals surface area (Å²) in [6.45, 7) is 1.71. The van der Waals surface area contributed by atoms with Gasteiger partial charge in [0.25, 0.3) is 0 Å². The minimum Gasteiger partial charge on any atom is -0.389 e. The Morgan fingerprint density at radius 2 is 2.20 bits per heavy atom. The molecular weight excluding hydrogens is 256 g/mol. The Kier molecular flexibility index (Phi) is 2.63. The molecule has 4 rings (SSSR count). The highest BCUT2D eigenvalue weighted by Crippen LogP contribution is 2.40. The van der Waals surface area contributed by atoms with Gasteiger partial charge >= 0.3 is 0 Å². The van der Waals surface area contributed by atoms with Gasteiger partial charge in [-0.2, -0.15) is 0 Å². The van der Waals surface area contributed by atoms with Gasteiger partial charge in [0.05, 0.1) is 5.60 Å². The first kappa shape index (κ1) is 12.0. The smallest absolute Gasteiger partial charge is 0.200 e. The number of hydrogen-bond donors (Lipinski definition) is 1. The number of aliphatic hydroxyl groups is 1. The normalized spacial score (nSPS) is 30.4. The molecule has 1 saturated carbocycles. The monoisotopic (exact) mass is 274 g/mol. The van der Waals surface area contributed by atoms with Crippen molar-refractivity contribution in [3.8, 4) is 0 Å². The summed E-state index contributed by atoms with van der Waals surface area (Å²) in [5, 5.41) is 26.5. The van der Waals surface area contributed by atoms with E-state index in [1.807, 2.05) is 12.1 Å². The molecule has 3 heterocycles. The number of rotatable bonds is 1. The zero-order valence-electron chi connectivity index (χ0n) is 11.3. The van der Waals surface area contributed by atoms with Crippen molar-refractivity contribution in [2.75, 3.05) is 18.0 Å². The van der Waals surface area contributed by atoms with Gasteiger partial charge in [0.1, 0.15) is 0 Å². The molecule has 0 radical (unpaired) electrons. The maximum absolute atomic E-state index is 10.7. The third-order valence-corrected chi connectivity index (χ3v) is 4.81. The average Bonchev–Trinajstić information content (AvgIpc) is 2.93. The van der Waals surface area contributed by atoms with E-state index in [9.17, 15) is 5.11 Å². The first-order chi connectivity index (χ1) is 9.74. The average molecular weight is 274 g/mol. The second kappa shape index (κ2) is 4.37. The van der Waals surface area contributed by atoms with E-state index < -0.39 is 5.60 Å². The van der Waals surface area contributed by atoms with Crippen LogP contribution < -0.4 is 4.90 Å². The summed E-state index contributed by atoms with van der Waals surface area (Å²) in [5.74, 6) is 1.24. The van der Waals surface area contributed by atoms with E-state index in [0.717, 1.165) is 44.6 Å². The molecule has 1 saturated heterocycles. The van der Waals surface area contributed by atoms with Crippen molar-refractivity contribution < 1.29 is 5.11 Å². The predicted octanol–water partition coefficient (Wildman–Crippen LogP) is 0.651. The lowest BCUT2D eigenvalue weighted by Gasteiger charge is -2.47. The minimum absolute atomic E-state index is 0.358. The lowest BCUT2D eigenvalue weighted by Crippen LogP contribution is -2.53. The van der Waals surface area contributed by atoms with Gasteiger partial charge in [-0.15, -0.1) is 14.8 Å². The van der Waals surface area contributed by atoms with Crippen LogP contribution in [-0.4, -0.2) is 49.1 Å². The molecule has 1 aliphatic heterocycles. The van der Waals surface area contributed by atoms with E-state index in [-0.39, 0.29) is 0 Å². The molecule has 20 heavy (non-hydrogen) atoms. The van der Waals surface area contributed by atoms with Gasteiger partial charge in [-0.1, -0.05) is 12.8 Å². The van der Waals surface area contributed by atoms with E-state index in [4.69, 9.17) is 0 Å². The number of fused-ring (bicyclic) bond motifs is 2. The summed E-state index contributed by atoms with van der Waals surface area (Å²) in [4.78, 5) is 2.24. The first-order valence-electron chi connectivity index (χ1n) is 7.27. The standard InChI is InChI=1S/C13H18N6O/c20-13-6-2-1-3-10(13)9-18(8-7-13)12-5-4-11-14-16-17-19(11)15-12/h4-5,10,20H,1-3,6-9H2. The molecule has 7 heteroatoms. The maximum atomic E-state index is 10.7. The molecule has 2 atom stereocenters. The van der Waals surface area contributed by atoms with Crippen LogP contribution in [0.25, 0.3) is 5.65 Å². The Hall–Kier alpha value is -1.76. The fourth-order valence-corrected chi connectivity index (χ4v) is 3.59. The number of tetrazole rings is 1. The number of piperidine rings is 1. The van der Waals surface area contributed by atoms with Crippen molar-refractivity contribution in [2.45, 2.75) is 37.7 Å². The van der Waals surface area contributed by atoms with Crippen LogP contribution in [0.4, 0.5) is 5.82 Å². The van der Waals surface area contributed by atoms with Crippen molar-refractivity contribution in [1.29, 1.82) is 0 Å². The Morgan fingerprint density at radius 1 is 1.25 bits per heavy atom. The Labute approximate surface area is 116 Å². The fraction of sp³-hybridized carbons (Fsp3) is 0.692. The first-order valence-corrected chi connectivity index (χ1v) is 7.27. The summed E-state index contributed by atoms with van der Waals surface area (Å²) in [5.41, 5.74) is 0.202. The SMILES string of the molecule is OC12CCCCC1CN(c1ccc3nnnn3n1)CC2. The molecule has 2 aromatic rings. The molecule has 0 bridgehead atoms. The van der Waals surface area contributed by atoms with Crippen molar-refractivity contribution in [3.05, 3.63) is 12.1 Å². The van der Waals surface area contributed by atoms with Crippen LogP contribution >= 0.6 is 0 Å². The van der Waals surface area contributed by atoms with E-state index in [2.05, 4.69) is 25.5 Å². The highest BCUT2D eigenvalue weighted by atomic mass is 16.3. The molecule has 0 amide bonds. The molecule has 1 N–H and O–H groups in total. The van der Waals surface area contributed by atoms with Crippen molar-refractivity contribution in [1.82, 2.24) is 25.3 Å². The van der Waals surface area contributed by atoms with Gasteiger partial charge in [-0.05, 0) is 41.8 Å². The van der Waals surface area contributed by atoms with Gasteiger partial charge < -0.3 is 10.0 Å². The van der Waals surface area contributed by atoms with E-state index in [1.54, 1.807) is 0 Å². The van der Waals surface area contributed by atoms with Gasteiger partial charge in [0.2, 0.25) is 0 Å². The van der Waals surface area contributed by atoms with E-state index in [0.29, 0.717) is 11.6 Å². The molecule has 0 spiro atoms.